The molecule has 1 saturated heterocycles. The average molecular weight is 648 g/mol. The second-order valence-electron chi connectivity index (χ2n) is 12.5. The number of ketones is 1. The molecule has 2 bridgehead atoms. The van der Waals surface area contributed by atoms with Crippen molar-refractivity contribution in [2.24, 2.45) is 11.8 Å². The second-order valence-corrected chi connectivity index (χ2v) is 12.5. The van der Waals surface area contributed by atoms with E-state index in [-0.39, 0.29) is 5.78 Å². The zero-order chi connectivity index (χ0) is 33.9. The molecular weight excluding hydrogens is 614 g/mol. The lowest BCUT2D eigenvalue weighted by Gasteiger charge is -2.39. The SMILES string of the molecule is COc1ccc(C2=C(c3ccc(OC)cc3)[C@@]3(c4ccccc4)C(=O)[C@]2(c2ccccc2)[C@H]2C(=O)N(c4ccc(OC)cc4)C(=O)[C@@H]23)cc1. The molecule has 4 atom stereocenters. The summed E-state index contributed by atoms with van der Waals surface area (Å²) in [4.78, 5) is 47.5. The number of hydrogen-bond acceptors (Lipinski definition) is 6. The van der Waals surface area contributed by atoms with Crippen molar-refractivity contribution in [1.29, 1.82) is 0 Å². The maximum Gasteiger partial charge on any atom is 0.239 e. The van der Waals surface area contributed by atoms with Crippen LogP contribution in [0.25, 0.3) is 11.1 Å². The third-order valence-electron chi connectivity index (χ3n) is 10.5. The fraction of sp³-hybridized carbons (Fsp3) is 0.167. The molecule has 7 nitrogen and oxygen atoms in total. The Balaban J connectivity index is 1.52. The Bertz CT molecular complexity index is 2000. The van der Waals surface area contributed by atoms with Crippen LogP contribution in [0, 0.1) is 11.8 Å². The summed E-state index contributed by atoms with van der Waals surface area (Å²) in [5, 5.41) is 0. The number of carbonyl (C=O) groups is 3. The zero-order valence-electron chi connectivity index (χ0n) is 27.3. The summed E-state index contributed by atoms with van der Waals surface area (Å²) in [5.74, 6) is -1.11. The van der Waals surface area contributed by atoms with Crippen LogP contribution in [0.2, 0.25) is 0 Å². The molecule has 8 rings (SSSR count). The van der Waals surface area contributed by atoms with Crippen LogP contribution in [0.3, 0.4) is 0 Å². The highest BCUT2D eigenvalue weighted by atomic mass is 16.5. The van der Waals surface area contributed by atoms with Crippen LogP contribution >= 0.6 is 0 Å². The molecule has 2 amide bonds. The molecule has 0 unspecified atom stereocenters. The Morgan fingerprint density at radius 1 is 0.469 bits per heavy atom. The number of carbonyl (C=O) groups excluding carboxylic acids is 3. The van der Waals surface area contributed by atoms with Gasteiger partial charge in [-0.25, -0.2) is 4.90 Å². The van der Waals surface area contributed by atoms with Crippen LogP contribution in [0.1, 0.15) is 22.3 Å². The number of imide groups is 1. The fourth-order valence-electron chi connectivity index (χ4n) is 8.63. The summed E-state index contributed by atoms with van der Waals surface area (Å²) in [5.41, 5.74) is 1.71. The molecule has 1 heterocycles. The number of hydrogen-bond donors (Lipinski definition) is 0. The van der Waals surface area contributed by atoms with E-state index in [0.29, 0.717) is 45.2 Å². The van der Waals surface area contributed by atoms with Gasteiger partial charge >= 0.3 is 0 Å². The van der Waals surface area contributed by atoms with E-state index in [0.717, 1.165) is 11.1 Å². The fourth-order valence-corrected chi connectivity index (χ4v) is 8.63. The van der Waals surface area contributed by atoms with Gasteiger partial charge in [0, 0.05) is 0 Å². The van der Waals surface area contributed by atoms with Gasteiger partial charge in [0.2, 0.25) is 11.8 Å². The molecule has 0 aromatic heterocycles. The van der Waals surface area contributed by atoms with Crippen LogP contribution in [0.15, 0.2) is 133 Å². The molecule has 0 radical (unpaired) electrons. The molecule has 49 heavy (non-hydrogen) atoms. The lowest BCUT2D eigenvalue weighted by atomic mass is 9.59. The molecule has 0 spiro atoms. The van der Waals surface area contributed by atoms with Gasteiger partial charge in [0.1, 0.15) is 17.2 Å². The molecule has 0 N–H and O–H groups in total. The Hall–Kier alpha value is -5.95. The zero-order valence-corrected chi connectivity index (χ0v) is 27.3. The second kappa shape index (κ2) is 11.3. The third-order valence-corrected chi connectivity index (χ3v) is 10.5. The Labute approximate surface area is 284 Å². The van der Waals surface area contributed by atoms with Gasteiger partial charge in [-0.1, -0.05) is 84.9 Å². The molecule has 3 aliphatic rings. The molecular formula is C42H33NO6. The summed E-state index contributed by atoms with van der Waals surface area (Å²) in [6, 6.07) is 41.0. The number of allylic oxidation sites excluding steroid dienone is 2. The van der Waals surface area contributed by atoms with Gasteiger partial charge in [-0.15, -0.1) is 0 Å². The molecule has 1 aliphatic heterocycles. The van der Waals surface area contributed by atoms with Gasteiger partial charge < -0.3 is 14.2 Å². The minimum atomic E-state index is -1.50. The number of methoxy groups -OCH3 is 3. The number of benzene rings is 5. The van der Waals surface area contributed by atoms with E-state index in [9.17, 15) is 0 Å². The molecule has 2 fully saturated rings. The molecule has 242 valence electrons. The van der Waals surface area contributed by atoms with Gasteiger partial charge in [0.05, 0.1) is 49.7 Å². The third kappa shape index (κ3) is 3.99. The Kier molecular flexibility index (Phi) is 7.03. The number of fused-ring (bicyclic) bond motifs is 5. The first-order valence-electron chi connectivity index (χ1n) is 16.1. The summed E-state index contributed by atoms with van der Waals surface area (Å²) in [6.45, 7) is 0. The van der Waals surface area contributed by atoms with Crippen LogP contribution in [0.4, 0.5) is 5.69 Å². The van der Waals surface area contributed by atoms with E-state index in [1.807, 2.05) is 109 Å². The van der Waals surface area contributed by atoms with Crippen LogP contribution < -0.4 is 19.1 Å². The number of ether oxygens (including phenoxy) is 3. The van der Waals surface area contributed by atoms with Gasteiger partial charge in [-0.2, -0.15) is 0 Å². The molecule has 2 aliphatic carbocycles. The summed E-state index contributed by atoms with van der Waals surface area (Å²) in [7, 11) is 4.78. The highest BCUT2D eigenvalue weighted by Gasteiger charge is 2.82. The molecule has 1 saturated carbocycles. The number of amides is 2. The quantitative estimate of drug-likeness (QED) is 0.171. The highest BCUT2D eigenvalue weighted by Crippen LogP contribution is 2.74. The first-order valence-corrected chi connectivity index (χ1v) is 16.1. The van der Waals surface area contributed by atoms with Gasteiger partial charge in [0.25, 0.3) is 0 Å². The number of nitrogens with zero attached hydrogens (tertiary/aromatic N) is 1. The van der Waals surface area contributed by atoms with E-state index < -0.39 is 34.5 Å². The molecule has 5 aromatic rings. The predicted octanol–water partition coefficient (Wildman–Crippen LogP) is 6.90. The standard InChI is InChI=1S/C42H33NO6/c1-47-31-20-14-26(15-21-31)34-35(27-16-22-32(48-2)23-17-27)42(29-12-8-5-9-13-29)37-36(41(34,40(42)46)28-10-6-4-7-11-28)38(44)43(39(37)45)30-18-24-33(49-3)25-19-30/h4-25,36-37H,1-3H3/t36-,37-,41-,42+/m1/s1. The van der Waals surface area contributed by atoms with Crippen molar-refractivity contribution >= 4 is 34.4 Å². The normalized spacial score (nSPS) is 24.0. The van der Waals surface area contributed by atoms with E-state index in [1.54, 1.807) is 45.6 Å². The van der Waals surface area contributed by atoms with E-state index in [2.05, 4.69) is 0 Å². The van der Waals surface area contributed by atoms with Crippen molar-refractivity contribution in [3.8, 4) is 17.2 Å². The summed E-state index contributed by atoms with van der Waals surface area (Å²) < 4.78 is 16.4. The Morgan fingerprint density at radius 3 is 1.16 bits per heavy atom. The molecule has 7 heteroatoms. The summed E-state index contributed by atoms with van der Waals surface area (Å²) in [6.07, 6.45) is 0. The minimum Gasteiger partial charge on any atom is -0.497 e. The van der Waals surface area contributed by atoms with E-state index >= 15 is 14.4 Å². The van der Waals surface area contributed by atoms with Crippen molar-refractivity contribution < 1.29 is 28.6 Å². The van der Waals surface area contributed by atoms with Gasteiger partial charge in [-0.3, -0.25) is 14.4 Å². The smallest absolute Gasteiger partial charge is 0.239 e. The van der Waals surface area contributed by atoms with Crippen molar-refractivity contribution in [1.82, 2.24) is 0 Å². The maximum atomic E-state index is 16.0. The first kappa shape index (κ1) is 30.4. The van der Waals surface area contributed by atoms with Crippen LogP contribution in [-0.4, -0.2) is 38.9 Å². The summed E-state index contributed by atoms with van der Waals surface area (Å²) >= 11 is 0. The minimum absolute atomic E-state index is 0.180. The van der Waals surface area contributed by atoms with Crippen LogP contribution in [0.5, 0.6) is 17.2 Å². The lowest BCUT2D eigenvalue weighted by Crippen LogP contribution is -2.45. The average Bonchev–Trinajstić information content (AvgIpc) is 3.67. The van der Waals surface area contributed by atoms with Crippen molar-refractivity contribution in [2.45, 2.75) is 10.8 Å². The van der Waals surface area contributed by atoms with Crippen LogP contribution in [-0.2, 0) is 25.2 Å². The van der Waals surface area contributed by atoms with Gasteiger partial charge in [0.15, 0.2) is 5.78 Å². The Morgan fingerprint density at radius 2 is 0.816 bits per heavy atom. The van der Waals surface area contributed by atoms with Crippen molar-refractivity contribution in [3.05, 3.63) is 156 Å². The van der Waals surface area contributed by atoms with Crippen molar-refractivity contribution in [3.63, 3.8) is 0 Å². The number of rotatable bonds is 8. The molecule has 5 aromatic carbocycles. The lowest BCUT2D eigenvalue weighted by molar-refractivity contribution is -0.130. The van der Waals surface area contributed by atoms with Crippen molar-refractivity contribution in [2.75, 3.05) is 26.2 Å². The monoisotopic (exact) mass is 647 g/mol. The first-order chi connectivity index (χ1) is 23.9. The topological polar surface area (TPSA) is 82.1 Å². The van der Waals surface area contributed by atoms with Gasteiger partial charge in [-0.05, 0) is 81.9 Å². The maximum absolute atomic E-state index is 16.0. The predicted molar refractivity (Wildman–Crippen MR) is 187 cm³/mol. The highest BCUT2D eigenvalue weighted by molar-refractivity contribution is 6.39. The number of anilines is 1. The van der Waals surface area contributed by atoms with E-state index in [1.165, 1.54) is 4.90 Å². The number of Topliss-reactive ketones (excluding diaryl/α,β-unsaturated/α-hetero) is 1. The largest absolute Gasteiger partial charge is 0.497 e. The van der Waals surface area contributed by atoms with E-state index in [4.69, 9.17) is 14.2 Å².